The van der Waals surface area contributed by atoms with E-state index in [1.807, 2.05) is 18.5 Å². The fourth-order valence-electron chi connectivity index (χ4n) is 3.77. The number of hydrogen-bond donors (Lipinski definition) is 1. The van der Waals surface area contributed by atoms with Crippen LogP contribution in [0.4, 0.5) is 11.9 Å². The molecule has 1 saturated heterocycles. The Labute approximate surface area is 177 Å². The lowest BCUT2D eigenvalue weighted by Gasteiger charge is -2.26. The first-order valence-corrected chi connectivity index (χ1v) is 10.8. The summed E-state index contributed by atoms with van der Waals surface area (Å²) in [5, 5.41) is 3.50. The molecule has 1 aliphatic rings. The van der Waals surface area contributed by atoms with E-state index in [1.54, 1.807) is 0 Å². The summed E-state index contributed by atoms with van der Waals surface area (Å²) in [6, 6.07) is 8.30. The molecule has 0 spiro atoms. The van der Waals surface area contributed by atoms with Crippen LogP contribution in [0, 0.1) is 0 Å². The maximum atomic E-state index is 5.40. The molecule has 8 nitrogen and oxygen atoms in total. The van der Waals surface area contributed by atoms with Gasteiger partial charge in [-0.3, -0.25) is 0 Å². The first-order chi connectivity index (χ1) is 14.8. The number of ether oxygens (including phenoxy) is 1. The number of hydrogen-bond acceptors (Lipinski definition) is 7. The predicted octanol–water partition coefficient (Wildman–Crippen LogP) is 2.62. The molecule has 0 unspecified atom stereocenters. The molecule has 2 aromatic heterocycles. The highest BCUT2D eigenvalue weighted by molar-refractivity contribution is 5.78. The van der Waals surface area contributed by atoms with Crippen LogP contribution in [-0.2, 0) is 17.8 Å². The summed E-state index contributed by atoms with van der Waals surface area (Å²) in [6.45, 7) is 12.2. The van der Waals surface area contributed by atoms with Crippen molar-refractivity contribution in [1.82, 2.24) is 24.4 Å². The van der Waals surface area contributed by atoms with E-state index in [4.69, 9.17) is 9.72 Å². The molecule has 8 heteroatoms. The second-order valence-corrected chi connectivity index (χ2v) is 7.45. The van der Waals surface area contributed by atoms with Crippen LogP contribution in [0.25, 0.3) is 11.0 Å². The number of fused-ring (bicyclic) bond motifs is 1. The Morgan fingerprint density at radius 1 is 1.07 bits per heavy atom. The molecule has 3 aromatic rings. The topological polar surface area (TPSA) is 71.3 Å². The summed E-state index contributed by atoms with van der Waals surface area (Å²) in [4.78, 5) is 18.5. The Morgan fingerprint density at radius 2 is 1.80 bits per heavy atom. The summed E-state index contributed by atoms with van der Waals surface area (Å²) >= 11 is 0. The maximum absolute atomic E-state index is 5.40. The number of morpholine rings is 1. The largest absolute Gasteiger partial charge is 0.378 e. The van der Waals surface area contributed by atoms with E-state index in [1.165, 1.54) is 0 Å². The summed E-state index contributed by atoms with van der Waals surface area (Å²) in [5.41, 5.74) is 3.21. The summed E-state index contributed by atoms with van der Waals surface area (Å²) in [5.74, 6) is 1.66. The molecule has 0 aliphatic carbocycles. The molecule has 4 rings (SSSR count). The van der Waals surface area contributed by atoms with Crippen LogP contribution in [0.15, 0.2) is 36.7 Å². The number of imidazole rings is 1. The molecule has 1 aromatic carbocycles. The van der Waals surface area contributed by atoms with Gasteiger partial charge in [-0.05, 0) is 25.2 Å². The van der Waals surface area contributed by atoms with Crippen molar-refractivity contribution in [3.63, 3.8) is 0 Å². The van der Waals surface area contributed by atoms with Gasteiger partial charge in [-0.2, -0.15) is 0 Å². The normalized spacial score (nSPS) is 14.6. The van der Waals surface area contributed by atoms with Gasteiger partial charge < -0.3 is 24.4 Å². The first-order valence-electron chi connectivity index (χ1n) is 10.8. The van der Waals surface area contributed by atoms with Crippen molar-refractivity contribution in [2.75, 3.05) is 56.2 Å². The second-order valence-electron chi connectivity index (χ2n) is 7.45. The number of aromatic nitrogens is 4. The van der Waals surface area contributed by atoms with Crippen LogP contribution in [0.1, 0.15) is 19.4 Å². The zero-order chi connectivity index (χ0) is 20.8. The fourth-order valence-corrected chi connectivity index (χ4v) is 3.77. The van der Waals surface area contributed by atoms with Gasteiger partial charge in [0.15, 0.2) is 0 Å². The molecule has 160 valence electrons. The average Bonchev–Trinajstić information content (AvgIpc) is 3.17. The lowest BCUT2D eigenvalue weighted by atomic mass is 10.3. The fraction of sp³-hybridized carbons (Fsp3) is 0.500. The van der Waals surface area contributed by atoms with Crippen LogP contribution in [-0.4, -0.2) is 70.4 Å². The molecule has 1 aliphatic heterocycles. The van der Waals surface area contributed by atoms with E-state index in [9.17, 15) is 0 Å². The lowest BCUT2D eigenvalue weighted by Crippen LogP contribution is -2.37. The Bertz CT molecular complexity index is 930. The van der Waals surface area contributed by atoms with Crippen LogP contribution in [0.3, 0.4) is 0 Å². The standard InChI is InChI=1S/C22H31N7O/c1-3-27(4-2)9-10-29-20-8-6-5-7-19(20)26-22(29)25-17-18-15-23-21(24-16-18)28-11-13-30-14-12-28/h5-8,15-16H,3-4,9-14,17H2,1-2H3,(H,25,26). The number of rotatable bonds is 9. The van der Waals surface area contributed by atoms with Gasteiger partial charge in [-0.1, -0.05) is 26.0 Å². The number of nitrogens with one attached hydrogen (secondary N) is 1. The van der Waals surface area contributed by atoms with E-state index < -0.39 is 0 Å². The first kappa shape index (κ1) is 20.6. The SMILES string of the molecule is CCN(CC)CCn1c(NCc2cnc(N3CCOCC3)nc2)nc2ccccc21. The molecule has 0 amide bonds. The molecule has 0 atom stereocenters. The van der Waals surface area contributed by atoms with E-state index in [0.29, 0.717) is 6.54 Å². The second kappa shape index (κ2) is 9.86. The number of benzene rings is 1. The number of nitrogens with zero attached hydrogens (tertiary/aromatic N) is 6. The van der Waals surface area contributed by atoms with Gasteiger partial charge in [0.25, 0.3) is 0 Å². The molecular weight excluding hydrogens is 378 g/mol. The molecule has 0 bridgehead atoms. The number of likely N-dealkylation sites (N-methyl/N-ethyl adjacent to an activating group) is 1. The van der Waals surface area contributed by atoms with Gasteiger partial charge in [0, 0.05) is 50.7 Å². The van der Waals surface area contributed by atoms with Crippen molar-refractivity contribution < 1.29 is 4.74 Å². The van der Waals surface area contributed by atoms with E-state index in [-0.39, 0.29) is 0 Å². The van der Waals surface area contributed by atoms with Gasteiger partial charge >= 0.3 is 0 Å². The minimum absolute atomic E-state index is 0.637. The third-order valence-electron chi connectivity index (χ3n) is 5.63. The van der Waals surface area contributed by atoms with Crippen LogP contribution >= 0.6 is 0 Å². The van der Waals surface area contributed by atoms with Crippen LogP contribution < -0.4 is 10.2 Å². The highest BCUT2D eigenvalue weighted by Gasteiger charge is 2.14. The van der Waals surface area contributed by atoms with Crippen molar-refractivity contribution >= 4 is 22.9 Å². The molecule has 30 heavy (non-hydrogen) atoms. The maximum Gasteiger partial charge on any atom is 0.225 e. The Hall–Kier alpha value is -2.71. The molecule has 3 heterocycles. The van der Waals surface area contributed by atoms with Gasteiger partial charge in [0.05, 0.1) is 24.2 Å². The third kappa shape index (κ3) is 4.71. The monoisotopic (exact) mass is 409 g/mol. The van der Waals surface area contributed by atoms with Gasteiger partial charge in [-0.25, -0.2) is 15.0 Å². The highest BCUT2D eigenvalue weighted by Crippen LogP contribution is 2.20. The van der Waals surface area contributed by atoms with E-state index in [0.717, 1.165) is 81.0 Å². The van der Waals surface area contributed by atoms with Crippen molar-refractivity contribution in [1.29, 1.82) is 0 Å². The van der Waals surface area contributed by atoms with Gasteiger partial charge in [-0.15, -0.1) is 0 Å². The van der Waals surface area contributed by atoms with Crippen LogP contribution in [0.5, 0.6) is 0 Å². The van der Waals surface area contributed by atoms with Crippen molar-refractivity contribution in [3.8, 4) is 0 Å². The zero-order valence-corrected chi connectivity index (χ0v) is 17.9. The van der Waals surface area contributed by atoms with Gasteiger partial charge in [0.1, 0.15) is 0 Å². The summed E-state index contributed by atoms with van der Waals surface area (Å²) < 4.78 is 7.67. The minimum Gasteiger partial charge on any atom is -0.378 e. The molecule has 1 N–H and O–H groups in total. The summed E-state index contributed by atoms with van der Waals surface area (Å²) in [6.07, 6.45) is 3.79. The number of para-hydroxylation sites is 2. The Balaban J connectivity index is 1.46. The molecular formula is C22H31N7O. The Morgan fingerprint density at radius 3 is 2.53 bits per heavy atom. The number of anilines is 2. The quantitative estimate of drug-likeness (QED) is 0.582. The lowest BCUT2D eigenvalue weighted by molar-refractivity contribution is 0.122. The zero-order valence-electron chi connectivity index (χ0n) is 17.9. The molecule has 0 radical (unpaired) electrons. The smallest absolute Gasteiger partial charge is 0.225 e. The molecule has 1 fully saturated rings. The third-order valence-corrected chi connectivity index (χ3v) is 5.63. The average molecular weight is 410 g/mol. The summed E-state index contributed by atoms with van der Waals surface area (Å²) in [7, 11) is 0. The van der Waals surface area contributed by atoms with Crippen molar-refractivity contribution in [2.24, 2.45) is 0 Å². The van der Waals surface area contributed by atoms with Crippen LogP contribution in [0.2, 0.25) is 0 Å². The van der Waals surface area contributed by atoms with E-state index in [2.05, 4.69) is 61.7 Å². The van der Waals surface area contributed by atoms with E-state index >= 15 is 0 Å². The van der Waals surface area contributed by atoms with Crippen molar-refractivity contribution in [3.05, 3.63) is 42.2 Å². The predicted molar refractivity (Wildman–Crippen MR) is 120 cm³/mol. The highest BCUT2D eigenvalue weighted by atomic mass is 16.5. The van der Waals surface area contributed by atoms with Crippen molar-refractivity contribution in [2.45, 2.75) is 26.9 Å². The molecule has 0 saturated carbocycles. The Kier molecular flexibility index (Phi) is 6.76. The van der Waals surface area contributed by atoms with Gasteiger partial charge in [0.2, 0.25) is 11.9 Å². The minimum atomic E-state index is 0.637.